The van der Waals surface area contributed by atoms with Crippen molar-refractivity contribution in [2.45, 2.75) is 6.92 Å². The molecule has 0 saturated carbocycles. The summed E-state index contributed by atoms with van der Waals surface area (Å²) in [4.78, 5) is 3.34. The number of rotatable bonds is 1. The van der Waals surface area contributed by atoms with Gasteiger partial charge in [0.2, 0.25) is 0 Å². The molecule has 1 heterocycles. The zero-order valence-electron chi connectivity index (χ0n) is 11.9. The minimum atomic E-state index is 1.18. The molecule has 1 aliphatic rings. The first kappa shape index (κ1) is 12.1. The van der Waals surface area contributed by atoms with E-state index in [1.54, 1.807) is 0 Å². The van der Waals surface area contributed by atoms with Crippen molar-refractivity contribution >= 4 is 11.6 Å². The fourth-order valence-corrected chi connectivity index (χ4v) is 3.01. The molecule has 2 aromatic carbocycles. The molecule has 3 aromatic rings. The fraction of sp³-hybridized carbons (Fsp3) is 0.0500. The Balaban J connectivity index is 1.99. The van der Waals surface area contributed by atoms with Crippen molar-refractivity contribution in [3.63, 3.8) is 0 Å². The molecule has 4 rings (SSSR count). The Labute approximate surface area is 124 Å². The lowest BCUT2D eigenvalue weighted by Crippen LogP contribution is -2.07. The van der Waals surface area contributed by atoms with Crippen molar-refractivity contribution in [1.82, 2.24) is 0 Å². The fourth-order valence-electron chi connectivity index (χ4n) is 3.01. The first-order valence-corrected chi connectivity index (χ1v) is 7.22. The van der Waals surface area contributed by atoms with E-state index in [9.17, 15) is 0 Å². The number of H-pyrrole nitrogens is 1. The monoisotopic (exact) mass is 270 g/mol. The molecule has 100 valence electrons. The highest BCUT2D eigenvalue weighted by Crippen LogP contribution is 2.44. The van der Waals surface area contributed by atoms with Gasteiger partial charge in [-0.25, -0.2) is 4.98 Å². The van der Waals surface area contributed by atoms with Crippen LogP contribution in [-0.2, 0) is 0 Å². The van der Waals surface area contributed by atoms with Crippen LogP contribution in [0.15, 0.2) is 66.9 Å². The van der Waals surface area contributed by atoms with Gasteiger partial charge in [-0.3, -0.25) is 0 Å². The molecule has 0 amide bonds. The third kappa shape index (κ3) is 1.98. The quantitative estimate of drug-likeness (QED) is 0.487. The lowest BCUT2D eigenvalue weighted by molar-refractivity contribution is -0.387. The third-order valence-corrected chi connectivity index (χ3v) is 4.00. The van der Waals surface area contributed by atoms with Crippen molar-refractivity contribution in [2.24, 2.45) is 0 Å². The second-order valence-electron chi connectivity index (χ2n) is 5.46. The van der Waals surface area contributed by atoms with Crippen molar-refractivity contribution < 1.29 is 4.98 Å². The van der Waals surface area contributed by atoms with Crippen molar-refractivity contribution in [3.05, 3.63) is 89.2 Å². The summed E-state index contributed by atoms with van der Waals surface area (Å²) in [5, 5.41) is 0. The van der Waals surface area contributed by atoms with Gasteiger partial charge in [-0.05, 0) is 28.3 Å². The normalized spacial score (nSPS) is 14.0. The molecule has 0 aliphatic heterocycles. The van der Waals surface area contributed by atoms with E-state index in [0.717, 1.165) is 0 Å². The molecular weight excluding hydrogens is 254 g/mol. The average Bonchev–Trinajstić information content (AvgIpc) is 2.82. The van der Waals surface area contributed by atoms with Crippen molar-refractivity contribution in [3.8, 4) is 11.1 Å². The van der Waals surface area contributed by atoms with Crippen LogP contribution in [0.4, 0.5) is 0 Å². The molecule has 21 heavy (non-hydrogen) atoms. The lowest BCUT2D eigenvalue weighted by Gasteiger charge is -2.01. The molecule has 0 spiro atoms. The van der Waals surface area contributed by atoms with E-state index in [1.807, 2.05) is 0 Å². The number of benzene rings is 2. The van der Waals surface area contributed by atoms with E-state index in [-0.39, 0.29) is 0 Å². The molecule has 0 bridgehead atoms. The van der Waals surface area contributed by atoms with Crippen LogP contribution < -0.4 is 4.98 Å². The lowest BCUT2D eigenvalue weighted by atomic mass is 10.0. The zero-order chi connectivity index (χ0) is 14.2. The number of aromatic amines is 1. The minimum Gasteiger partial charge on any atom is -0.215 e. The van der Waals surface area contributed by atoms with Gasteiger partial charge in [-0.1, -0.05) is 54.6 Å². The summed E-state index contributed by atoms with van der Waals surface area (Å²) in [6.07, 6.45) is 4.40. The standard InChI is InChI=1S/C20H15N/c1-14-11-18-16-9-5-6-10-17(16)19(20(18)13-21-14)12-15-7-3-2-4-8-15/h2-13H,1H3/p+1. The van der Waals surface area contributed by atoms with Crippen LogP contribution in [0.2, 0.25) is 0 Å². The largest absolute Gasteiger partial charge is 0.215 e. The maximum Gasteiger partial charge on any atom is 0.177 e. The molecule has 1 nitrogen and oxygen atoms in total. The van der Waals surface area contributed by atoms with Crippen LogP contribution in [0.25, 0.3) is 22.8 Å². The Hall–Kier alpha value is -2.67. The van der Waals surface area contributed by atoms with Gasteiger partial charge in [0.1, 0.15) is 0 Å². The predicted molar refractivity (Wildman–Crippen MR) is 86.6 cm³/mol. The zero-order valence-corrected chi connectivity index (χ0v) is 11.9. The Morgan fingerprint density at radius 2 is 1.48 bits per heavy atom. The highest BCUT2D eigenvalue weighted by atomic mass is 14.7. The number of hydrogen-bond donors (Lipinski definition) is 0. The summed E-state index contributed by atoms with van der Waals surface area (Å²) < 4.78 is 0. The molecular formula is C20H16N+. The molecule has 1 aliphatic carbocycles. The van der Waals surface area contributed by atoms with Gasteiger partial charge in [0.15, 0.2) is 11.9 Å². The van der Waals surface area contributed by atoms with Gasteiger partial charge in [0.05, 0.1) is 5.56 Å². The number of hydrogen-bond acceptors (Lipinski definition) is 0. The van der Waals surface area contributed by atoms with Crippen LogP contribution in [0.1, 0.15) is 22.4 Å². The van der Waals surface area contributed by atoms with E-state index in [4.69, 9.17) is 0 Å². The van der Waals surface area contributed by atoms with Gasteiger partial charge in [-0.15, -0.1) is 0 Å². The molecule has 1 N–H and O–H groups in total. The predicted octanol–water partition coefficient (Wildman–Crippen LogP) is 4.38. The average molecular weight is 270 g/mol. The van der Waals surface area contributed by atoms with E-state index in [2.05, 4.69) is 84.8 Å². The van der Waals surface area contributed by atoms with Crippen molar-refractivity contribution in [2.75, 3.05) is 0 Å². The Morgan fingerprint density at radius 1 is 0.762 bits per heavy atom. The maximum absolute atomic E-state index is 3.34. The van der Waals surface area contributed by atoms with Crippen LogP contribution >= 0.6 is 0 Å². The van der Waals surface area contributed by atoms with Gasteiger partial charge in [0.25, 0.3) is 0 Å². The number of pyridine rings is 1. The van der Waals surface area contributed by atoms with Crippen LogP contribution in [-0.4, -0.2) is 0 Å². The van der Waals surface area contributed by atoms with Gasteiger partial charge in [0, 0.05) is 18.6 Å². The van der Waals surface area contributed by atoms with Crippen molar-refractivity contribution in [1.29, 1.82) is 0 Å². The van der Waals surface area contributed by atoms with E-state index < -0.39 is 0 Å². The van der Waals surface area contributed by atoms with Crippen LogP contribution in [0.5, 0.6) is 0 Å². The third-order valence-electron chi connectivity index (χ3n) is 4.00. The molecule has 1 heteroatoms. The van der Waals surface area contributed by atoms with E-state index in [1.165, 1.54) is 39.1 Å². The Kier molecular flexibility index (Phi) is 2.71. The number of aromatic nitrogens is 1. The van der Waals surface area contributed by atoms with E-state index >= 15 is 0 Å². The SMILES string of the molecule is Cc1cc2c(c[nH+]1)C(=Cc1ccccc1)c1ccccc1-2. The topological polar surface area (TPSA) is 14.1 Å². The van der Waals surface area contributed by atoms with Crippen LogP contribution in [0, 0.1) is 6.92 Å². The summed E-state index contributed by atoms with van der Waals surface area (Å²) in [6.45, 7) is 2.10. The van der Waals surface area contributed by atoms with Gasteiger partial charge >= 0.3 is 0 Å². The first-order valence-electron chi connectivity index (χ1n) is 7.22. The summed E-state index contributed by atoms with van der Waals surface area (Å²) in [6, 6.07) is 21.4. The molecule has 0 radical (unpaired) electrons. The second-order valence-corrected chi connectivity index (χ2v) is 5.46. The van der Waals surface area contributed by atoms with Crippen LogP contribution in [0.3, 0.4) is 0 Å². The summed E-state index contributed by atoms with van der Waals surface area (Å²) in [7, 11) is 0. The van der Waals surface area contributed by atoms with E-state index in [0.29, 0.717) is 0 Å². The molecule has 0 unspecified atom stereocenters. The Bertz CT molecular complexity index is 845. The molecule has 0 fully saturated rings. The maximum atomic E-state index is 3.34. The highest BCUT2D eigenvalue weighted by molar-refractivity contribution is 6.06. The first-order chi connectivity index (χ1) is 10.3. The summed E-state index contributed by atoms with van der Waals surface area (Å²) >= 11 is 0. The highest BCUT2D eigenvalue weighted by Gasteiger charge is 2.25. The smallest absolute Gasteiger partial charge is 0.177 e. The Morgan fingerprint density at radius 3 is 2.29 bits per heavy atom. The van der Waals surface area contributed by atoms with Gasteiger partial charge in [-0.2, -0.15) is 0 Å². The second kappa shape index (κ2) is 4.71. The number of aryl methyl sites for hydroxylation is 1. The number of nitrogens with one attached hydrogen (secondary N) is 1. The number of fused-ring (bicyclic) bond motifs is 3. The molecule has 0 saturated heterocycles. The van der Waals surface area contributed by atoms with Gasteiger partial charge < -0.3 is 0 Å². The summed E-state index contributed by atoms with van der Waals surface area (Å²) in [5.41, 5.74) is 8.96. The summed E-state index contributed by atoms with van der Waals surface area (Å²) in [5.74, 6) is 0. The molecule has 0 atom stereocenters. The minimum absolute atomic E-state index is 1.18. The molecule has 1 aromatic heterocycles.